The van der Waals surface area contributed by atoms with Gasteiger partial charge in [0.05, 0.1) is 16.2 Å². The molecule has 2 atom stereocenters. The summed E-state index contributed by atoms with van der Waals surface area (Å²) in [6.45, 7) is 6.63. The van der Waals surface area contributed by atoms with E-state index in [4.69, 9.17) is 16.4 Å². The third-order valence-corrected chi connectivity index (χ3v) is 6.45. The fraction of sp³-hybridized carbons (Fsp3) is 0.529. The van der Waals surface area contributed by atoms with Crippen LogP contribution in [0.2, 0.25) is 5.02 Å². The van der Waals surface area contributed by atoms with Gasteiger partial charge in [-0.3, -0.25) is 10.1 Å². The first kappa shape index (κ1) is 16.9. The zero-order chi connectivity index (χ0) is 17.7. The van der Waals surface area contributed by atoms with Gasteiger partial charge < -0.3 is 4.84 Å². The van der Waals surface area contributed by atoms with Crippen LogP contribution in [-0.4, -0.2) is 16.6 Å². The van der Waals surface area contributed by atoms with E-state index in [2.05, 4.69) is 25.9 Å². The van der Waals surface area contributed by atoms with Crippen molar-refractivity contribution in [3.05, 3.63) is 38.9 Å². The monoisotopic (exact) mass is 350 g/mol. The van der Waals surface area contributed by atoms with Crippen molar-refractivity contribution in [2.75, 3.05) is 0 Å². The van der Waals surface area contributed by atoms with Crippen LogP contribution in [0.15, 0.2) is 23.4 Å². The highest BCUT2D eigenvalue weighted by Gasteiger charge is 2.60. The van der Waals surface area contributed by atoms with Crippen molar-refractivity contribution >= 4 is 29.0 Å². The molecule has 2 saturated carbocycles. The van der Waals surface area contributed by atoms with Gasteiger partial charge in [0.25, 0.3) is 5.69 Å². The number of rotatable bonds is 3. The number of nitro benzene ring substituents is 1. The van der Waals surface area contributed by atoms with Gasteiger partial charge in [-0.2, -0.15) is 0 Å². The van der Waals surface area contributed by atoms with E-state index < -0.39 is 10.9 Å². The lowest BCUT2D eigenvalue weighted by Gasteiger charge is -2.34. The Bertz CT molecular complexity index is 759. The van der Waals surface area contributed by atoms with Crippen LogP contribution in [0.4, 0.5) is 5.69 Å². The van der Waals surface area contributed by atoms with Crippen LogP contribution in [0.1, 0.15) is 50.4 Å². The molecule has 6 nitrogen and oxygen atoms in total. The van der Waals surface area contributed by atoms with Gasteiger partial charge in [-0.15, -0.1) is 0 Å². The van der Waals surface area contributed by atoms with E-state index in [1.807, 2.05) is 0 Å². The molecule has 2 unspecified atom stereocenters. The topological polar surface area (TPSA) is 81.8 Å². The third kappa shape index (κ3) is 2.40. The molecule has 0 heterocycles. The second-order valence-electron chi connectivity index (χ2n) is 7.33. The minimum Gasteiger partial charge on any atom is -0.313 e. The van der Waals surface area contributed by atoms with Crippen molar-refractivity contribution in [1.29, 1.82) is 0 Å². The Morgan fingerprint density at radius 3 is 2.67 bits per heavy atom. The number of fused-ring (bicyclic) bond motifs is 2. The molecule has 2 aliphatic carbocycles. The molecule has 0 N–H and O–H groups in total. The maximum absolute atomic E-state index is 12.2. The van der Waals surface area contributed by atoms with E-state index in [0.717, 1.165) is 24.6 Å². The molecule has 1 aromatic rings. The number of nitro groups is 1. The molecular weight excluding hydrogens is 332 g/mol. The molecule has 2 bridgehead atoms. The average Bonchev–Trinajstić information content (AvgIpc) is 2.85. The summed E-state index contributed by atoms with van der Waals surface area (Å²) in [5.74, 6) is -0.164. The van der Waals surface area contributed by atoms with E-state index in [1.54, 1.807) is 0 Å². The van der Waals surface area contributed by atoms with Crippen LogP contribution >= 0.6 is 11.6 Å². The van der Waals surface area contributed by atoms with Crippen LogP contribution < -0.4 is 0 Å². The smallest absolute Gasteiger partial charge is 0.313 e. The molecule has 0 saturated heterocycles. The largest absolute Gasteiger partial charge is 0.365 e. The van der Waals surface area contributed by atoms with Crippen LogP contribution in [0.25, 0.3) is 0 Å². The predicted molar refractivity (Wildman–Crippen MR) is 90.2 cm³/mol. The summed E-state index contributed by atoms with van der Waals surface area (Å²) in [4.78, 5) is 27.5. The Morgan fingerprint density at radius 2 is 2.12 bits per heavy atom. The van der Waals surface area contributed by atoms with Crippen LogP contribution in [-0.2, 0) is 4.84 Å². The van der Waals surface area contributed by atoms with E-state index >= 15 is 0 Å². The van der Waals surface area contributed by atoms with Crippen LogP contribution in [0.3, 0.4) is 0 Å². The quantitative estimate of drug-likeness (QED) is 0.453. The molecule has 0 radical (unpaired) electrons. The SMILES string of the molecule is CC12CCC(C/C1=N/OC(=O)c1ccc(Cl)c([N+](=O)[O-])c1)C2(C)C. The molecule has 0 spiro atoms. The summed E-state index contributed by atoms with van der Waals surface area (Å²) in [6.07, 6.45) is 3.03. The van der Waals surface area contributed by atoms with Crippen molar-refractivity contribution in [2.45, 2.75) is 40.0 Å². The summed E-state index contributed by atoms with van der Waals surface area (Å²) in [7, 11) is 0. The number of hydrogen-bond acceptors (Lipinski definition) is 5. The molecule has 0 aromatic heterocycles. The predicted octanol–water partition coefficient (Wildman–Crippen LogP) is 4.61. The second kappa shape index (κ2) is 5.55. The second-order valence-corrected chi connectivity index (χ2v) is 7.74. The van der Waals surface area contributed by atoms with Gasteiger partial charge in [-0.25, -0.2) is 4.79 Å². The summed E-state index contributed by atoms with van der Waals surface area (Å²) < 4.78 is 0. The lowest BCUT2D eigenvalue weighted by Crippen LogP contribution is -2.32. The van der Waals surface area contributed by atoms with Gasteiger partial charge in [0.15, 0.2) is 0 Å². The van der Waals surface area contributed by atoms with Crippen molar-refractivity contribution < 1.29 is 14.6 Å². The lowest BCUT2D eigenvalue weighted by molar-refractivity contribution is -0.384. The van der Waals surface area contributed by atoms with Crippen molar-refractivity contribution in [1.82, 2.24) is 0 Å². The number of nitrogens with zero attached hydrogens (tertiary/aromatic N) is 2. The number of halogens is 1. The van der Waals surface area contributed by atoms with Gasteiger partial charge in [-0.1, -0.05) is 37.5 Å². The molecular formula is C17H19ClN2O4. The maximum atomic E-state index is 12.2. The van der Waals surface area contributed by atoms with Crippen LogP contribution in [0, 0.1) is 26.9 Å². The van der Waals surface area contributed by atoms with Gasteiger partial charge >= 0.3 is 5.97 Å². The maximum Gasteiger partial charge on any atom is 0.365 e. The van der Waals surface area contributed by atoms with Crippen LogP contribution in [0.5, 0.6) is 0 Å². The van der Waals surface area contributed by atoms with Gasteiger partial charge in [-0.05, 0) is 42.7 Å². The molecule has 2 aliphatic rings. The Kier molecular flexibility index (Phi) is 3.91. The van der Waals surface area contributed by atoms with Crippen molar-refractivity contribution in [3.63, 3.8) is 0 Å². The van der Waals surface area contributed by atoms with Gasteiger partial charge in [0, 0.05) is 11.5 Å². The zero-order valence-corrected chi connectivity index (χ0v) is 14.6. The molecule has 0 amide bonds. The normalized spacial score (nSPS) is 29.0. The summed E-state index contributed by atoms with van der Waals surface area (Å²) in [6, 6.07) is 3.81. The number of oxime groups is 1. The van der Waals surface area contributed by atoms with E-state index in [0.29, 0.717) is 5.92 Å². The fourth-order valence-corrected chi connectivity index (χ4v) is 4.18. The minimum atomic E-state index is -0.716. The Hall–Kier alpha value is -1.95. The highest BCUT2D eigenvalue weighted by Crippen LogP contribution is 2.64. The summed E-state index contributed by atoms with van der Waals surface area (Å²) in [5, 5.41) is 15.0. The first-order valence-electron chi connectivity index (χ1n) is 7.89. The first-order chi connectivity index (χ1) is 11.2. The molecule has 2 fully saturated rings. The van der Waals surface area contributed by atoms with Gasteiger partial charge in [0.1, 0.15) is 5.02 Å². The van der Waals surface area contributed by atoms with E-state index in [-0.39, 0.29) is 27.1 Å². The Labute approximate surface area is 145 Å². The van der Waals surface area contributed by atoms with Crippen molar-refractivity contribution in [2.24, 2.45) is 21.9 Å². The lowest BCUT2D eigenvalue weighted by atomic mass is 9.70. The number of carbonyl (C=O) groups excluding carboxylic acids is 1. The molecule has 7 heteroatoms. The number of hydrogen-bond donors (Lipinski definition) is 0. The number of benzene rings is 1. The molecule has 1 aromatic carbocycles. The molecule has 3 rings (SSSR count). The molecule has 24 heavy (non-hydrogen) atoms. The highest BCUT2D eigenvalue weighted by atomic mass is 35.5. The minimum absolute atomic E-state index is 0.0229. The van der Waals surface area contributed by atoms with Crippen molar-refractivity contribution in [3.8, 4) is 0 Å². The summed E-state index contributed by atoms with van der Waals surface area (Å²) in [5.41, 5.74) is 0.705. The third-order valence-electron chi connectivity index (χ3n) is 6.13. The van der Waals surface area contributed by atoms with E-state index in [1.165, 1.54) is 18.6 Å². The highest BCUT2D eigenvalue weighted by molar-refractivity contribution is 6.32. The first-order valence-corrected chi connectivity index (χ1v) is 8.27. The number of carbonyl (C=O) groups is 1. The van der Waals surface area contributed by atoms with Gasteiger partial charge in [0.2, 0.25) is 0 Å². The molecule has 128 valence electrons. The fourth-order valence-electron chi connectivity index (χ4n) is 4.00. The molecule has 0 aliphatic heterocycles. The Morgan fingerprint density at radius 1 is 1.42 bits per heavy atom. The Balaban J connectivity index is 1.80. The van der Waals surface area contributed by atoms with E-state index in [9.17, 15) is 14.9 Å². The standard InChI is InChI=1S/C17H19ClN2O4/c1-16(2)11-6-7-17(16,3)14(9-11)19-24-15(21)10-4-5-12(18)13(8-10)20(22)23/h4-5,8,11H,6-7,9H2,1-3H3/b19-14-. The zero-order valence-electron chi connectivity index (χ0n) is 13.8. The average molecular weight is 351 g/mol. The summed E-state index contributed by atoms with van der Waals surface area (Å²) >= 11 is 5.75.